The molecule has 5 heteroatoms. The summed E-state index contributed by atoms with van der Waals surface area (Å²) in [5.74, 6) is 1.90. The van der Waals surface area contributed by atoms with Gasteiger partial charge in [0, 0.05) is 12.0 Å². The van der Waals surface area contributed by atoms with Crippen LogP contribution in [0, 0.1) is 23.7 Å². The molecule has 2 N–H and O–H groups in total. The maximum atomic E-state index is 13.3. The van der Waals surface area contributed by atoms with Crippen molar-refractivity contribution in [3.05, 3.63) is 52.6 Å². The zero-order chi connectivity index (χ0) is 19.3. The number of carbonyl (C=O) groups excluding carboxylic acids is 1. The summed E-state index contributed by atoms with van der Waals surface area (Å²) in [6.07, 6.45) is 9.87. The number of rotatable bonds is 3. The Kier molecular flexibility index (Phi) is 4.33. The monoisotopic (exact) mass is 377 g/mol. The van der Waals surface area contributed by atoms with Gasteiger partial charge in [0.2, 0.25) is 5.91 Å². The summed E-state index contributed by atoms with van der Waals surface area (Å²) in [6.45, 7) is 2.29. The van der Waals surface area contributed by atoms with Crippen molar-refractivity contribution in [2.75, 3.05) is 0 Å². The van der Waals surface area contributed by atoms with Crippen LogP contribution in [-0.4, -0.2) is 21.9 Å². The lowest BCUT2D eigenvalue weighted by atomic mass is 9.81. The van der Waals surface area contributed by atoms with Crippen LogP contribution in [0.1, 0.15) is 50.8 Å². The van der Waals surface area contributed by atoms with E-state index < -0.39 is 0 Å². The van der Waals surface area contributed by atoms with Crippen molar-refractivity contribution in [3.8, 4) is 0 Å². The van der Waals surface area contributed by atoms with E-state index in [-0.39, 0.29) is 41.2 Å². The van der Waals surface area contributed by atoms with E-state index in [0.29, 0.717) is 16.7 Å². The molecule has 1 heterocycles. The highest BCUT2D eigenvalue weighted by molar-refractivity contribution is 5.82. The van der Waals surface area contributed by atoms with Crippen LogP contribution < -0.4 is 10.9 Å². The van der Waals surface area contributed by atoms with Crippen LogP contribution in [0.5, 0.6) is 0 Å². The van der Waals surface area contributed by atoms with Crippen molar-refractivity contribution in [1.29, 1.82) is 0 Å². The summed E-state index contributed by atoms with van der Waals surface area (Å²) in [6, 6.07) is 7.69. The van der Waals surface area contributed by atoms with Crippen LogP contribution in [0.15, 0.2) is 41.2 Å². The smallest absolute Gasteiger partial charge is 0.258 e. The van der Waals surface area contributed by atoms with E-state index in [2.05, 4.69) is 29.4 Å². The van der Waals surface area contributed by atoms with E-state index in [9.17, 15) is 9.59 Å². The van der Waals surface area contributed by atoms with Crippen LogP contribution in [0.4, 0.5) is 0 Å². The van der Waals surface area contributed by atoms with Gasteiger partial charge in [-0.15, -0.1) is 0 Å². The Labute approximate surface area is 164 Å². The van der Waals surface area contributed by atoms with E-state index >= 15 is 0 Å². The molecule has 146 valence electrons. The molecule has 2 bridgehead atoms. The normalized spacial score (nSPS) is 34.0. The van der Waals surface area contributed by atoms with Crippen LogP contribution in [0.25, 0.3) is 10.9 Å². The predicted octanol–water partition coefficient (Wildman–Crippen LogP) is 3.52. The predicted molar refractivity (Wildman–Crippen MR) is 109 cm³/mol. The first-order valence-corrected chi connectivity index (χ1v) is 10.6. The highest BCUT2D eigenvalue weighted by atomic mass is 16.2. The highest BCUT2D eigenvalue weighted by Crippen LogP contribution is 2.52. The molecule has 1 aromatic carbocycles. The maximum absolute atomic E-state index is 13.3. The fraction of sp³-hybridized carbons (Fsp3) is 0.522. The average Bonchev–Trinajstić information content (AvgIpc) is 3.31. The number of fused-ring (bicyclic) bond motifs is 3. The van der Waals surface area contributed by atoms with Crippen molar-refractivity contribution < 1.29 is 4.79 Å². The minimum Gasteiger partial charge on any atom is -0.353 e. The first kappa shape index (κ1) is 17.7. The molecule has 0 radical (unpaired) electrons. The lowest BCUT2D eigenvalue weighted by Crippen LogP contribution is -2.43. The van der Waals surface area contributed by atoms with Crippen molar-refractivity contribution >= 4 is 16.8 Å². The zero-order valence-electron chi connectivity index (χ0n) is 16.2. The van der Waals surface area contributed by atoms with Gasteiger partial charge in [-0.3, -0.25) is 9.59 Å². The van der Waals surface area contributed by atoms with E-state index in [1.807, 2.05) is 18.2 Å². The molecule has 3 aliphatic carbocycles. The van der Waals surface area contributed by atoms with Crippen molar-refractivity contribution in [2.45, 2.75) is 51.0 Å². The molecule has 0 unspecified atom stereocenters. The number of benzene rings is 1. The number of carbonyl (C=O) groups is 1. The number of nitrogens with zero attached hydrogens (tertiary/aromatic N) is 1. The number of H-pyrrole nitrogens is 1. The van der Waals surface area contributed by atoms with Gasteiger partial charge in [0.15, 0.2) is 0 Å². The van der Waals surface area contributed by atoms with Gasteiger partial charge in [0.1, 0.15) is 5.82 Å². The van der Waals surface area contributed by atoms with Crippen LogP contribution >= 0.6 is 0 Å². The number of amides is 1. The summed E-state index contributed by atoms with van der Waals surface area (Å²) in [5, 5.41) is 3.92. The Balaban J connectivity index is 1.44. The summed E-state index contributed by atoms with van der Waals surface area (Å²) < 4.78 is 0. The molecule has 0 aliphatic heterocycles. The molecule has 1 amide bonds. The Morgan fingerprint density at radius 1 is 1.11 bits per heavy atom. The minimum atomic E-state index is -0.140. The fourth-order valence-electron chi connectivity index (χ4n) is 5.52. The van der Waals surface area contributed by atoms with E-state index in [0.717, 1.165) is 25.2 Å². The molecule has 28 heavy (non-hydrogen) atoms. The van der Waals surface area contributed by atoms with Crippen LogP contribution in [-0.2, 0) is 4.79 Å². The van der Waals surface area contributed by atoms with Gasteiger partial charge >= 0.3 is 0 Å². The van der Waals surface area contributed by atoms with Crippen molar-refractivity contribution in [3.63, 3.8) is 0 Å². The largest absolute Gasteiger partial charge is 0.353 e. The first-order valence-electron chi connectivity index (χ1n) is 10.6. The zero-order valence-corrected chi connectivity index (χ0v) is 16.2. The molecule has 1 aromatic heterocycles. The minimum absolute atomic E-state index is 0.0465. The molecule has 0 saturated heterocycles. The molecule has 3 aliphatic rings. The summed E-state index contributed by atoms with van der Waals surface area (Å²) in [5.41, 5.74) is 0.584. The van der Waals surface area contributed by atoms with Gasteiger partial charge in [-0.05, 0) is 62.0 Å². The van der Waals surface area contributed by atoms with Crippen molar-refractivity contribution in [2.24, 2.45) is 23.7 Å². The molecule has 0 spiro atoms. The second-order valence-corrected chi connectivity index (χ2v) is 8.93. The van der Waals surface area contributed by atoms with Crippen molar-refractivity contribution in [1.82, 2.24) is 15.3 Å². The topological polar surface area (TPSA) is 74.8 Å². The number of nitrogens with one attached hydrogen (secondary N) is 2. The number of para-hydroxylation sites is 1. The lowest BCUT2D eigenvalue weighted by Gasteiger charge is -2.31. The van der Waals surface area contributed by atoms with Gasteiger partial charge in [-0.2, -0.15) is 0 Å². The molecule has 2 fully saturated rings. The second-order valence-electron chi connectivity index (χ2n) is 8.93. The van der Waals surface area contributed by atoms with Crippen LogP contribution in [0.3, 0.4) is 0 Å². The first-order chi connectivity index (χ1) is 13.6. The Morgan fingerprint density at radius 2 is 1.86 bits per heavy atom. The lowest BCUT2D eigenvalue weighted by molar-refractivity contribution is -0.127. The molecular weight excluding hydrogens is 350 g/mol. The van der Waals surface area contributed by atoms with Gasteiger partial charge in [0.25, 0.3) is 5.56 Å². The third-order valence-corrected chi connectivity index (χ3v) is 7.07. The molecule has 4 atom stereocenters. The second kappa shape index (κ2) is 6.87. The molecule has 2 saturated carbocycles. The van der Waals surface area contributed by atoms with Gasteiger partial charge < -0.3 is 10.3 Å². The molecule has 5 rings (SSSR count). The van der Waals surface area contributed by atoms with Gasteiger partial charge in [-0.1, -0.05) is 31.2 Å². The average molecular weight is 377 g/mol. The van der Waals surface area contributed by atoms with Gasteiger partial charge in [0.05, 0.1) is 16.8 Å². The fourth-order valence-corrected chi connectivity index (χ4v) is 5.52. The number of allylic oxidation sites excluding steroid dienone is 2. The molecular formula is C23H27N3O2. The molecule has 5 nitrogen and oxygen atoms in total. The van der Waals surface area contributed by atoms with Crippen LogP contribution in [0.2, 0.25) is 0 Å². The highest BCUT2D eigenvalue weighted by Gasteiger charge is 2.50. The summed E-state index contributed by atoms with van der Waals surface area (Å²) >= 11 is 0. The van der Waals surface area contributed by atoms with Gasteiger partial charge in [-0.25, -0.2) is 4.98 Å². The number of aromatic amines is 1. The number of aromatic nitrogens is 2. The summed E-state index contributed by atoms with van der Waals surface area (Å²) in [7, 11) is 0. The number of hydrogen-bond donors (Lipinski definition) is 2. The summed E-state index contributed by atoms with van der Waals surface area (Å²) in [4.78, 5) is 33.6. The third-order valence-electron chi connectivity index (χ3n) is 7.07. The third kappa shape index (κ3) is 2.97. The Hall–Kier alpha value is -2.43. The SMILES string of the molecule is CC1CCC(NC(=O)[C@@H]2[C@@H](c3nc4ccccc4c(=O)[nH]3)[C@H]3C=C[C@@H]2C3)CC1. The Morgan fingerprint density at radius 3 is 2.68 bits per heavy atom. The van der Waals surface area contributed by atoms with E-state index in [1.54, 1.807) is 6.07 Å². The number of hydrogen-bond acceptors (Lipinski definition) is 3. The quantitative estimate of drug-likeness (QED) is 0.804. The Bertz CT molecular complexity index is 987. The maximum Gasteiger partial charge on any atom is 0.258 e. The molecule has 2 aromatic rings. The van der Waals surface area contributed by atoms with E-state index in [1.165, 1.54) is 12.8 Å². The standard InChI is InChI=1S/C23H27N3O2/c1-13-6-10-16(11-7-13)24-23(28)20-15-9-8-14(12-15)19(20)21-25-18-5-3-2-4-17(18)22(27)26-21/h2-5,8-9,13-16,19-20H,6-7,10-12H2,1H3,(H,24,28)(H,25,26,27)/t13?,14-,15+,16?,19-,20-/m0/s1. The van der Waals surface area contributed by atoms with E-state index in [4.69, 9.17) is 4.98 Å².